The van der Waals surface area contributed by atoms with Crippen LogP contribution in [0.5, 0.6) is 0 Å². The van der Waals surface area contributed by atoms with Crippen molar-refractivity contribution in [3.05, 3.63) is 64.5 Å². The van der Waals surface area contributed by atoms with Crippen LogP contribution >= 0.6 is 23.1 Å². The molecule has 218 valence electrons. The van der Waals surface area contributed by atoms with Crippen molar-refractivity contribution in [3.8, 4) is 11.1 Å². The maximum atomic E-state index is 13.6. The average Bonchev–Trinajstić information content (AvgIpc) is 3.38. The highest BCUT2D eigenvalue weighted by atomic mass is 32.2. The maximum Gasteiger partial charge on any atom is 0.251 e. The fourth-order valence-corrected chi connectivity index (χ4v) is 8.33. The zero-order chi connectivity index (χ0) is 27.3. The van der Waals surface area contributed by atoms with Crippen LogP contribution < -0.4 is 11.1 Å². The van der Waals surface area contributed by atoms with E-state index in [1.165, 1.54) is 29.2 Å². The molecule has 1 aliphatic heterocycles. The second-order valence-electron chi connectivity index (χ2n) is 8.97. The number of carbonyl (C=O) groups is 1. The average molecular weight is 605 g/mol. The van der Waals surface area contributed by atoms with E-state index < -0.39 is 9.84 Å². The Labute approximate surface area is 246 Å². The summed E-state index contributed by atoms with van der Waals surface area (Å²) in [6, 6.07) is 13.7. The first-order chi connectivity index (χ1) is 18.2. The van der Waals surface area contributed by atoms with Crippen molar-refractivity contribution in [2.24, 2.45) is 5.73 Å². The number of hydrogen-bond acceptors (Lipinski definition) is 8. The third-order valence-electron chi connectivity index (χ3n) is 6.40. The van der Waals surface area contributed by atoms with E-state index in [0.29, 0.717) is 32.3 Å². The predicted octanol–water partition coefficient (Wildman–Crippen LogP) is 5.29. The number of nitrogen functional groups attached to an aromatic ring is 1. The standard InChI is InChI=1S/C27H32N4O4S3.2CH4/c1-18-6-3-9-21(26(32)30-10-5-11-31-12-14-35-15-13-31)24(18)19-7-4-8-20(16-19)38(33,34)23-17-22(25(28)29)37-27(23)36-2;;/h3-4,6-9,16-17H,5,10-15H2,1-2H3,(H3,28,29)(H,30,32);2*1H4. The molecule has 0 unspecified atom stereocenters. The number of sulfone groups is 1. The van der Waals surface area contributed by atoms with Crippen LogP contribution in [0, 0.1) is 12.3 Å². The van der Waals surface area contributed by atoms with Gasteiger partial charge in [-0.3, -0.25) is 15.1 Å². The summed E-state index contributed by atoms with van der Waals surface area (Å²) in [4.78, 5) is 16.2. The Morgan fingerprint density at radius 3 is 2.52 bits per heavy atom. The number of carbonyl (C=O) groups excluding carboxylic acids is 1. The van der Waals surface area contributed by atoms with Crippen molar-refractivity contribution in [2.75, 3.05) is 45.6 Å². The topological polar surface area (TPSA) is 126 Å². The lowest BCUT2D eigenvalue weighted by molar-refractivity contribution is 0.0374. The molecule has 1 aromatic heterocycles. The molecule has 1 aliphatic rings. The van der Waals surface area contributed by atoms with Crippen LogP contribution in [-0.2, 0) is 14.6 Å². The molecule has 3 aromatic rings. The Hall–Kier alpha value is -2.70. The molecular formula is C29H40N4O4S3. The Bertz CT molecular complexity index is 1430. The molecule has 0 radical (unpaired) electrons. The lowest BCUT2D eigenvalue weighted by atomic mass is 9.94. The molecule has 0 atom stereocenters. The SMILES string of the molecule is C.C.CSc1sc(C(=N)N)cc1S(=O)(=O)c1cccc(-c2c(C)cccc2C(=O)NCCCN2CCOCC2)c1. The summed E-state index contributed by atoms with van der Waals surface area (Å²) >= 11 is 2.50. The van der Waals surface area contributed by atoms with Crippen molar-refractivity contribution in [1.29, 1.82) is 5.41 Å². The third kappa shape index (κ3) is 7.52. The van der Waals surface area contributed by atoms with Gasteiger partial charge in [0.15, 0.2) is 0 Å². The number of aryl methyl sites for hydroxylation is 1. The summed E-state index contributed by atoms with van der Waals surface area (Å²) in [6.07, 6.45) is 2.63. The number of amides is 1. The molecule has 0 saturated carbocycles. The molecular weight excluding hydrogens is 565 g/mol. The highest BCUT2D eigenvalue weighted by Crippen LogP contribution is 2.38. The minimum absolute atomic E-state index is 0. The molecule has 0 aliphatic carbocycles. The molecule has 1 fully saturated rings. The monoisotopic (exact) mass is 604 g/mol. The molecule has 40 heavy (non-hydrogen) atoms. The van der Waals surface area contributed by atoms with Crippen LogP contribution in [-0.4, -0.2) is 70.7 Å². The molecule has 2 heterocycles. The zero-order valence-electron chi connectivity index (χ0n) is 21.5. The van der Waals surface area contributed by atoms with E-state index in [4.69, 9.17) is 15.9 Å². The van der Waals surface area contributed by atoms with Crippen LogP contribution in [0.3, 0.4) is 0 Å². The zero-order valence-corrected chi connectivity index (χ0v) is 23.9. The third-order valence-corrected chi connectivity index (χ3v) is 10.7. The molecule has 11 heteroatoms. The number of morpholine rings is 1. The Morgan fingerprint density at radius 1 is 1.15 bits per heavy atom. The lowest BCUT2D eigenvalue weighted by Crippen LogP contribution is -2.38. The van der Waals surface area contributed by atoms with Crippen molar-refractivity contribution < 1.29 is 17.9 Å². The van der Waals surface area contributed by atoms with Gasteiger partial charge in [-0.1, -0.05) is 39.1 Å². The first-order valence-corrected chi connectivity index (χ1v) is 15.8. The van der Waals surface area contributed by atoms with Gasteiger partial charge in [0, 0.05) is 25.2 Å². The Balaban J connectivity index is 0.00000280. The quantitative estimate of drug-likeness (QED) is 0.124. The second kappa shape index (κ2) is 14.8. The fourth-order valence-electron chi connectivity index (χ4n) is 4.43. The summed E-state index contributed by atoms with van der Waals surface area (Å²) in [6.45, 7) is 6.68. The lowest BCUT2D eigenvalue weighted by Gasteiger charge is -2.26. The van der Waals surface area contributed by atoms with Gasteiger partial charge in [0.05, 0.1) is 32.1 Å². The molecule has 8 nitrogen and oxygen atoms in total. The number of nitrogens with two attached hydrogens (primary N) is 1. The van der Waals surface area contributed by atoms with Gasteiger partial charge in [0.25, 0.3) is 5.91 Å². The minimum Gasteiger partial charge on any atom is -0.383 e. The summed E-state index contributed by atoms with van der Waals surface area (Å²) in [5, 5.41) is 10.7. The maximum absolute atomic E-state index is 13.6. The highest BCUT2D eigenvalue weighted by molar-refractivity contribution is 8.01. The summed E-state index contributed by atoms with van der Waals surface area (Å²) in [7, 11) is -3.88. The van der Waals surface area contributed by atoms with Gasteiger partial charge < -0.3 is 15.8 Å². The molecule has 4 N–H and O–H groups in total. The van der Waals surface area contributed by atoms with Crippen molar-refractivity contribution in [2.45, 2.75) is 42.2 Å². The Kier molecular flexibility index (Phi) is 12.4. The van der Waals surface area contributed by atoms with Gasteiger partial charge in [-0.05, 0) is 67.1 Å². The number of amidine groups is 1. The molecule has 0 bridgehead atoms. The van der Waals surface area contributed by atoms with Crippen molar-refractivity contribution >= 4 is 44.7 Å². The predicted molar refractivity (Wildman–Crippen MR) is 167 cm³/mol. The van der Waals surface area contributed by atoms with Gasteiger partial charge >= 0.3 is 0 Å². The van der Waals surface area contributed by atoms with Crippen molar-refractivity contribution in [3.63, 3.8) is 0 Å². The van der Waals surface area contributed by atoms with E-state index in [1.54, 1.807) is 30.5 Å². The molecule has 1 saturated heterocycles. The van der Waals surface area contributed by atoms with Gasteiger partial charge in [-0.15, -0.1) is 23.1 Å². The first-order valence-electron chi connectivity index (χ1n) is 12.3. The van der Waals surface area contributed by atoms with Crippen LogP contribution in [0.25, 0.3) is 11.1 Å². The van der Waals surface area contributed by atoms with Gasteiger partial charge in [0.2, 0.25) is 9.84 Å². The van der Waals surface area contributed by atoms with E-state index in [-0.39, 0.29) is 36.4 Å². The normalized spacial score (nSPS) is 13.7. The van der Waals surface area contributed by atoms with Crippen LogP contribution in [0.4, 0.5) is 0 Å². The molecule has 2 aromatic carbocycles. The summed E-state index contributed by atoms with van der Waals surface area (Å²) < 4.78 is 33.2. The van der Waals surface area contributed by atoms with E-state index in [2.05, 4.69) is 10.2 Å². The minimum atomic E-state index is -3.88. The van der Waals surface area contributed by atoms with Crippen LogP contribution in [0.1, 0.15) is 42.1 Å². The number of hydrogen-bond donors (Lipinski definition) is 3. The van der Waals surface area contributed by atoms with E-state index in [0.717, 1.165) is 44.8 Å². The number of ether oxygens (including phenoxy) is 1. The largest absolute Gasteiger partial charge is 0.383 e. The fraction of sp³-hybridized carbons (Fsp3) is 0.379. The number of thioether (sulfide) groups is 1. The van der Waals surface area contributed by atoms with Gasteiger partial charge in [-0.2, -0.15) is 0 Å². The Morgan fingerprint density at radius 2 is 1.85 bits per heavy atom. The van der Waals surface area contributed by atoms with Gasteiger partial charge in [-0.25, -0.2) is 8.42 Å². The number of rotatable bonds is 10. The second-order valence-corrected chi connectivity index (χ2v) is 13.0. The number of benzene rings is 2. The molecule has 1 amide bonds. The number of nitrogens with one attached hydrogen (secondary N) is 2. The summed E-state index contributed by atoms with van der Waals surface area (Å²) in [5.74, 6) is -0.353. The van der Waals surface area contributed by atoms with E-state index in [1.807, 2.05) is 25.1 Å². The van der Waals surface area contributed by atoms with Gasteiger partial charge in [0.1, 0.15) is 5.84 Å². The number of nitrogens with zero attached hydrogens (tertiary/aromatic N) is 1. The highest BCUT2D eigenvalue weighted by Gasteiger charge is 2.26. The van der Waals surface area contributed by atoms with Crippen LogP contribution in [0.2, 0.25) is 0 Å². The van der Waals surface area contributed by atoms with Crippen molar-refractivity contribution in [1.82, 2.24) is 10.2 Å². The van der Waals surface area contributed by atoms with E-state index >= 15 is 0 Å². The summed E-state index contributed by atoms with van der Waals surface area (Å²) in [5.41, 5.74) is 8.35. The number of thiophene rings is 1. The molecule has 0 spiro atoms. The van der Waals surface area contributed by atoms with Crippen LogP contribution in [0.15, 0.2) is 62.5 Å². The first kappa shape index (κ1) is 33.5. The smallest absolute Gasteiger partial charge is 0.251 e. The van der Waals surface area contributed by atoms with E-state index in [9.17, 15) is 13.2 Å². The molecule has 4 rings (SSSR count).